The molecule has 0 saturated heterocycles. The highest BCUT2D eigenvalue weighted by atomic mass is 16.3. The summed E-state index contributed by atoms with van der Waals surface area (Å²) in [5.41, 5.74) is 0.317. The minimum Gasteiger partial charge on any atom is -0.393 e. The van der Waals surface area contributed by atoms with Crippen LogP contribution < -0.4 is 0 Å². The number of aliphatic hydroxyl groups excluding tert-OH is 1. The molecular weight excluding hydrogens is 184 g/mol. The number of aliphatic hydroxyl groups is 1. The van der Waals surface area contributed by atoms with Crippen LogP contribution in [0.15, 0.2) is 12.2 Å². The highest BCUT2D eigenvalue weighted by Gasteiger charge is 2.55. The van der Waals surface area contributed by atoms with Crippen LogP contribution in [0, 0.1) is 16.2 Å². The second-order valence-electron chi connectivity index (χ2n) is 6.11. The van der Waals surface area contributed by atoms with Gasteiger partial charge in [0.25, 0.3) is 0 Å². The molecule has 0 saturated carbocycles. The number of hydrogen-bond acceptors (Lipinski definition) is 1. The Morgan fingerprint density at radius 3 is 2.20 bits per heavy atom. The lowest BCUT2D eigenvalue weighted by atomic mass is 9.52. The van der Waals surface area contributed by atoms with Crippen LogP contribution in [0.1, 0.15) is 54.4 Å². The molecule has 1 aliphatic rings. The van der Waals surface area contributed by atoms with E-state index < -0.39 is 0 Å². The average Bonchev–Trinajstić information content (AvgIpc) is 2.41. The molecule has 0 amide bonds. The average molecular weight is 210 g/mol. The second kappa shape index (κ2) is 3.62. The van der Waals surface area contributed by atoms with Crippen molar-refractivity contribution in [3.8, 4) is 0 Å². The zero-order valence-electron chi connectivity index (χ0n) is 11.1. The minimum atomic E-state index is -0.258. The summed E-state index contributed by atoms with van der Waals surface area (Å²) < 4.78 is 0. The van der Waals surface area contributed by atoms with Crippen LogP contribution >= 0.6 is 0 Å². The highest BCUT2D eigenvalue weighted by Crippen LogP contribution is 2.60. The standard InChI is InChI=1S/C14H26O/c1-7-13(5,11(2)15)14(6)10-8-9-12(14,3)4/h8-9,11,15H,7,10H2,1-6H3. The van der Waals surface area contributed by atoms with Gasteiger partial charge in [-0.15, -0.1) is 0 Å². The summed E-state index contributed by atoms with van der Waals surface area (Å²) in [7, 11) is 0. The fourth-order valence-corrected chi connectivity index (χ4v) is 3.15. The van der Waals surface area contributed by atoms with E-state index in [1.165, 1.54) is 0 Å². The Labute approximate surface area is 94.6 Å². The van der Waals surface area contributed by atoms with E-state index in [2.05, 4.69) is 46.8 Å². The lowest BCUT2D eigenvalue weighted by Crippen LogP contribution is -2.50. The summed E-state index contributed by atoms with van der Waals surface area (Å²) in [5, 5.41) is 10.1. The summed E-state index contributed by atoms with van der Waals surface area (Å²) in [6, 6.07) is 0. The third-order valence-corrected chi connectivity index (χ3v) is 5.40. The maximum absolute atomic E-state index is 10.1. The molecule has 3 unspecified atom stereocenters. The Balaban J connectivity index is 3.15. The Hall–Kier alpha value is -0.300. The van der Waals surface area contributed by atoms with Gasteiger partial charge in [-0.3, -0.25) is 0 Å². The van der Waals surface area contributed by atoms with Gasteiger partial charge in [-0.2, -0.15) is 0 Å². The van der Waals surface area contributed by atoms with Crippen molar-refractivity contribution in [1.29, 1.82) is 0 Å². The molecule has 15 heavy (non-hydrogen) atoms. The van der Waals surface area contributed by atoms with Gasteiger partial charge in [-0.25, -0.2) is 0 Å². The van der Waals surface area contributed by atoms with Crippen molar-refractivity contribution in [3.05, 3.63) is 12.2 Å². The third kappa shape index (κ3) is 1.56. The summed E-state index contributed by atoms with van der Waals surface area (Å²) in [4.78, 5) is 0. The van der Waals surface area contributed by atoms with E-state index in [0.717, 1.165) is 12.8 Å². The Kier molecular flexibility index (Phi) is 3.08. The molecule has 0 aromatic rings. The Bertz CT molecular complexity index is 265. The minimum absolute atomic E-state index is 0.0139. The number of hydrogen-bond donors (Lipinski definition) is 1. The molecule has 0 heterocycles. The zero-order chi connectivity index (χ0) is 11.9. The van der Waals surface area contributed by atoms with Crippen molar-refractivity contribution in [2.75, 3.05) is 0 Å². The van der Waals surface area contributed by atoms with E-state index in [-0.39, 0.29) is 22.3 Å². The largest absolute Gasteiger partial charge is 0.393 e. The molecule has 1 aliphatic carbocycles. The first-order chi connectivity index (χ1) is 6.71. The SMILES string of the molecule is CCC(C)(C(C)O)C1(C)CC=CC1(C)C. The van der Waals surface area contributed by atoms with Crippen molar-refractivity contribution < 1.29 is 5.11 Å². The maximum atomic E-state index is 10.1. The van der Waals surface area contributed by atoms with E-state index in [1.807, 2.05) is 6.92 Å². The van der Waals surface area contributed by atoms with Crippen molar-refractivity contribution >= 4 is 0 Å². The molecule has 0 aromatic carbocycles. The van der Waals surface area contributed by atoms with E-state index in [0.29, 0.717) is 0 Å². The highest BCUT2D eigenvalue weighted by molar-refractivity contribution is 5.18. The topological polar surface area (TPSA) is 20.2 Å². The van der Waals surface area contributed by atoms with Gasteiger partial charge in [0.2, 0.25) is 0 Å². The monoisotopic (exact) mass is 210 g/mol. The first-order valence-electron chi connectivity index (χ1n) is 6.07. The van der Waals surface area contributed by atoms with E-state index in [1.54, 1.807) is 0 Å². The molecule has 88 valence electrons. The van der Waals surface area contributed by atoms with Crippen LogP contribution in [0.2, 0.25) is 0 Å². The van der Waals surface area contributed by atoms with Gasteiger partial charge < -0.3 is 5.11 Å². The van der Waals surface area contributed by atoms with Crippen LogP contribution in [-0.4, -0.2) is 11.2 Å². The van der Waals surface area contributed by atoms with Gasteiger partial charge in [-0.1, -0.05) is 46.8 Å². The van der Waals surface area contributed by atoms with Gasteiger partial charge in [0, 0.05) is 0 Å². The molecule has 0 fully saturated rings. The van der Waals surface area contributed by atoms with Crippen molar-refractivity contribution in [1.82, 2.24) is 0 Å². The fraction of sp³-hybridized carbons (Fsp3) is 0.857. The van der Waals surface area contributed by atoms with Gasteiger partial charge >= 0.3 is 0 Å². The lowest BCUT2D eigenvalue weighted by molar-refractivity contribution is -0.0912. The van der Waals surface area contributed by atoms with Crippen LogP contribution in [0.3, 0.4) is 0 Å². The van der Waals surface area contributed by atoms with E-state index in [4.69, 9.17) is 0 Å². The summed E-state index contributed by atoms with van der Waals surface area (Å²) in [5.74, 6) is 0. The molecule has 1 rings (SSSR count). The number of rotatable bonds is 3. The maximum Gasteiger partial charge on any atom is 0.0571 e. The molecule has 1 N–H and O–H groups in total. The van der Waals surface area contributed by atoms with Gasteiger partial charge in [0.05, 0.1) is 6.10 Å². The zero-order valence-corrected chi connectivity index (χ0v) is 11.1. The molecule has 1 nitrogen and oxygen atoms in total. The van der Waals surface area contributed by atoms with Gasteiger partial charge in [0.1, 0.15) is 0 Å². The van der Waals surface area contributed by atoms with Crippen LogP contribution in [0.5, 0.6) is 0 Å². The molecule has 0 spiro atoms. The summed E-state index contributed by atoms with van der Waals surface area (Å²) >= 11 is 0. The van der Waals surface area contributed by atoms with Crippen molar-refractivity contribution in [2.45, 2.75) is 60.5 Å². The fourth-order valence-electron chi connectivity index (χ4n) is 3.15. The molecule has 0 radical (unpaired) electrons. The molecule has 0 bridgehead atoms. The van der Waals surface area contributed by atoms with E-state index in [9.17, 15) is 5.11 Å². The Morgan fingerprint density at radius 2 is 1.93 bits per heavy atom. The molecule has 3 atom stereocenters. The van der Waals surface area contributed by atoms with Gasteiger partial charge in [-0.05, 0) is 36.0 Å². The molecule has 0 aromatic heterocycles. The summed E-state index contributed by atoms with van der Waals surface area (Å²) in [6.07, 6.45) is 6.42. The second-order valence-corrected chi connectivity index (χ2v) is 6.11. The van der Waals surface area contributed by atoms with Crippen LogP contribution in [0.25, 0.3) is 0 Å². The van der Waals surface area contributed by atoms with Crippen LogP contribution in [0.4, 0.5) is 0 Å². The van der Waals surface area contributed by atoms with Crippen LogP contribution in [-0.2, 0) is 0 Å². The molecular formula is C14H26O. The third-order valence-electron chi connectivity index (χ3n) is 5.40. The number of allylic oxidation sites excluding steroid dienone is 2. The van der Waals surface area contributed by atoms with Gasteiger partial charge in [0.15, 0.2) is 0 Å². The summed E-state index contributed by atoms with van der Waals surface area (Å²) in [6.45, 7) is 13.2. The first kappa shape index (κ1) is 12.8. The normalized spacial score (nSPS) is 35.1. The smallest absolute Gasteiger partial charge is 0.0571 e. The predicted molar refractivity (Wildman–Crippen MR) is 65.7 cm³/mol. The molecule has 0 aliphatic heterocycles. The predicted octanol–water partition coefficient (Wildman–Crippen LogP) is 3.78. The van der Waals surface area contributed by atoms with E-state index >= 15 is 0 Å². The first-order valence-corrected chi connectivity index (χ1v) is 6.07. The molecule has 1 heteroatoms. The Morgan fingerprint density at radius 1 is 1.40 bits per heavy atom. The quantitative estimate of drug-likeness (QED) is 0.703. The lowest BCUT2D eigenvalue weighted by Gasteiger charge is -2.53. The van der Waals surface area contributed by atoms with Crippen molar-refractivity contribution in [2.24, 2.45) is 16.2 Å². The van der Waals surface area contributed by atoms with Crippen molar-refractivity contribution in [3.63, 3.8) is 0 Å².